The van der Waals surface area contributed by atoms with E-state index in [4.69, 9.17) is 11.6 Å². The first-order valence-corrected chi connectivity index (χ1v) is 3.90. The summed E-state index contributed by atoms with van der Waals surface area (Å²) in [5.41, 5.74) is 1.71. The number of pyridine rings is 1. The van der Waals surface area contributed by atoms with Crippen molar-refractivity contribution in [3.8, 4) is 0 Å². The summed E-state index contributed by atoms with van der Waals surface area (Å²) in [6, 6.07) is 1.72. The summed E-state index contributed by atoms with van der Waals surface area (Å²) >= 11 is 5.84. The van der Waals surface area contributed by atoms with Crippen LogP contribution in [-0.2, 0) is 11.3 Å². The van der Waals surface area contributed by atoms with Gasteiger partial charge in [0.25, 0.3) is 0 Å². The molecule has 1 heterocycles. The molecule has 12 heavy (non-hydrogen) atoms. The molecule has 4 heteroatoms. The lowest BCUT2D eigenvalue weighted by Gasteiger charge is -2.04. The quantitative estimate of drug-likeness (QED) is 0.720. The first-order chi connectivity index (χ1) is 5.75. The Morgan fingerprint density at radius 2 is 2.50 bits per heavy atom. The zero-order chi connectivity index (χ0) is 8.97. The zero-order valence-electron chi connectivity index (χ0n) is 6.67. The molecule has 0 radical (unpaired) electrons. The predicted molar refractivity (Wildman–Crippen MR) is 46.9 cm³/mol. The highest BCUT2D eigenvalue weighted by molar-refractivity contribution is 6.31. The van der Waals surface area contributed by atoms with Crippen molar-refractivity contribution in [1.29, 1.82) is 0 Å². The van der Waals surface area contributed by atoms with Gasteiger partial charge in [-0.1, -0.05) is 11.6 Å². The highest BCUT2D eigenvalue weighted by Crippen LogP contribution is 2.15. The van der Waals surface area contributed by atoms with Crippen molar-refractivity contribution in [2.45, 2.75) is 13.5 Å². The Morgan fingerprint density at radius 1 is 1.75 bits per heavy atom. The van der Waals surface area contributed by atoms with E-state index in [9.17, 15) is 4.79 Å². The van der Waals surface area contributed by atoms with Crippen LogP contribution < -0.4 is 5.32 Å². The molecule has 0 aliphatic rings. The van der Waals surface area contributed by atoms with Gasteiger partial charge in [0.1, 0.15) is 0 Å². The Labute approximate surface area is 75.8 Å². The average molecular weight is 185 g/mol. The van der Waals surface area contributed by atoms with Gasteiger partial charge in [0.05, 0.1) is 12.2 Å². The van der Waals surface area contributed by atoms with E-state index < -0.39 is 0 Å². The maximum Gasteiger partial charge on any atom is 0.207 e. The number of hydrogen-bond donors (Lipinski definition) is 1. The predicted octanol–water partition coefficient (Wildman–Crippen LogP) is 1.29. The van der Waals surface area contributed by atoms with Gasteiger partial charge in [0, 0.05) is 11.2 Å². The number of rotatable bonds is 3. The minimum Gasteiger partial charge on any atom is -0.353 e. The standard InChI is InChI=1S/C8H9ClN2O/c1-6-7(9)2-3-11-8(6)4-10-5-12/h2-3,5H,4H2,1H3,(H,10,12). The number of hydrogen-bond acceptors (Lipinski definition) is 2. The van der Waals surface area contributed by atoms with Crippen LogP contribution in [0.4, 0.5) is 0 Å². The number of nitrogens with zero attached hydrogens (tertiary/aromatic N) is 1. The Morgan fingerprint density at radius 3 is 3.17 bits per heavy atom. The molecule has 1 amide bonds. The SMILES string of the molecule is Cc1c(Cl)ccnc1CNC=O. The molecule has 0 aliphatic heterocycles. The molecule has 0 bridgehead atoms. The van der Waals surface area contributed by atoms with E-state index in [2.05, 4.69) is 10.3 Å². The number of carbonyl (C=O) groups excluding carboxylic acids is 1. The smallest absolute Gasteiger partial charge is 0.207 e. The molecule has 1 aromatic rings. The topological polar surface area (TPSA) is 42.0 Å². The van der Waals surface area contributed by atoms with Crippen molar-refractivity contribution in [2.24, 2.45) is 0 Å². The third kappa shape index (κ3) is 1.95. The molecule has 0 aromatic carbocycles. The summed E-state index contributed by atoms with van der Waals surface area (Å²) in [7, 11) is 0. The summed E-state index contributed by atoms with van der Waals surface area (Å²) in [6.45, 7) is 2.30. The molecule has 1 N–H and O–H groups in total. The van der Waals surface area contributed by atoms with E-state index in [1.165, 1.54) is 0 Å². The van der Waals surface area contributed by atoms with Crippen molar-refractivity contribution >= 4 is 18.0 Å². The van der Waals surface area contributed by atoms with Gasteiger partial charge < -0.3 is 5.32 Å². The van der Waals surface area contributed by atoms with Crippen LogP contribution in [0.3, 0.4) is 0 Å². The Balaban J connectivity index is 2.84. The molecule has 0 aliphatic carbocycles. The number of halogens is 1. The molecule has 1 rings (SSSR count). The minimum atomic E-state index is 0.426. The second-order valence-electron chi connectivity index (χ2n) is 2.36. The van der Waals surface area contributed by atoms with Gasteiger partial charge in [-0.3, -0.25) is 9.78 Å². The second-order valence-corrected chi connectivity index (χ2v) is 2.77. The summed E-state index contributed by atoms with van der Waals surface area (Å²) in [5, 5.41) is 3.20. The largest absolute Gasteiger partial charge is 0.353 e. The van der Waals surface area contributed by atoms with Crippen LogP contribution in [0.2, 0.25) is 5.02 Å². The fourth-order valence-electron chi connectivity index (χ4n) is 0.869. The molecule has 0 atom stereocenters. The lowest BCUT2D eigenvalue weighted by molar-refractivity contribution is -0.109. The molecule has 3 nitrogen and oxygen atoms in total. The first-order valence-electron chi connectivity index (χ1n) is 3.52. The maximum absolute atomic E-state index is 10.0. The van der Waals surface area contributed by atoms with Gasteiger partial charge >= 0.3 is 0 Å². The molecular weight excluding hydrogens is 176 g/mol. The first kappa shape index (κ1) is 9.00. The van der Waals surface area contributed by atoms with Crippen LogP contribution >= 0.6 is 11.6 Å². The van der Waals surface area contributed by atoms with Gasteiger partial charge in [-0.2, -0.15) is 0 Å². The average Bonchev–Trinajstić information content (AvgIpc) is 2.08. The van der Waals surface area contributed by atoms with E-state index in [1.807, 2.05) is 6.92 Å². The maximum atomic E-state index is 10.0. The number of nitrogens with one attached hydrogen (secondary N) is 1. The number of aromatic nitrogens is 1. The zero-order valence-corrected chi connectivity index (χ0v) is 7.43. The number of carbonyl (C=O) groups is 1. The van der Waals surface area contributed by atoms with E-state index in [0.29, 0.717) is 18.0 Å². The van der Waals surface area contributed by atoms with Crippen LogP contribution in [0.25, 0.3) is 0 Å². The van der Waals surface area contributed by atoms with E-state index in [1.54, 1.807) is 12.3 Å². The normalized spacial score (nSPS) is 9.50. The third-order valence-electron chi connectivity index (χ3n) is 1.60. The molecule has 1 aromatic heterocycles. The summed E-state index contributed by atoms with van der Waals surface area (Å²) < 4.78 is 0. The van der Waals surface area contributed by atoms with Gasteiger partial charge in [-0.15, -0.1) is 0 Å². The van der Waals surface area contributed by atoms with Gasteiger partial charge in [0.15, 0.2) is 0 Å². The fourth-order valence-corrected chi connectivity index (χ4v) is 1.03. The summed E-state index contributed by atoms with van der Waals surface area (Å²) in [6.07, 6.45) is 2.26. The van der Waals surface area contributed by atoms with Crippen LogP contribution in [0.1, 0.15) is 11.3 Å². The lowest BCUT2D eigenvalue weighted by atomic mass is 10.2. The molecule has 0 spiro atoms. The highest BCUT2D eigenvalue weighted by atomic mass is 35.5. The molecule has 64 valence electrons. The Hall–Kier alpha value is -1.09. The van der Waals surface area contributed by atoms with Gasteiger partial charge in [-0.25, -0.2) is 0 Å². The minimum absolute atomic E-state index is 0.426. The Bertz CT molecular complexity index is 288. The van der Waals surface area contributed by atoms with Crippen molar-refractivity contribution in [3.63, 3.8) is 0 Å². The second kappa shape index (κ2) is 4.07. The van der Waals surface area contributed by atoms with E-state index >= 15 is 0 Å². The molecule has 0 saturated heterocycles. The van der Waals surface area contributed by atoms with Gasteiger partial charge in [-0.05, 0) is 18.6 Å². The van der Waals surface area contributed by atoms with Gasteiger partial charge in [0.2, 0.25) is 6.41 Å². The molecule has 0 fully saturated rings. The van der Waals surface area contributed by atoms with Crippen LogP contribution in [0.5, 0.6) is 0 Å². The lowest BCUT2D eigenvalue weighted by Crippen LogP contribution is -2.12. The van der Waals surface area contributed by atoms with Crippen molar-refractivity contribution in [3.05, 3.63) is 28.5 Å². The highest BCUT2D eigenvalue weighted by Gasteiger charge is 2.01. The Kier molecular flexibility index (Phi) is 3.05. The molecule has 0 unspecified atom stereocenters. The van der Waals surface area contributed by atoms with Crippen LogP contribution in [0, 0.1) is 6.92 Å². The van der Waals surface area contributed by atoms with Crippen molar-refractivity contribution in [2.75, 3.05) is 0 Å². The fraction of sp³-hybridized carbons (Fsp3) is 0.250. The summed E-state index contributed by atoms with van der Waals surface area (Å²) in [4.78, 5) is 14.1. The molecule has 0 saturated carbocycles. The van der Waals surface area contributed by atoms with Crippen molar-refractivity contribution < 1.29 is 4.79 Å². The van der Waals surface area contributed by atoms with Crippen LogP contribution in [-0.4, -0.2) is 11.4 Å². The third-order valence-corrected chi connectivity index (χ3v) is 2.00. The summed E-state index contributed by atoms with van der Waals surface area (Å²) in [5.74, 6) is 0. The number of amides is 1. The van der Waals surface area contributed by atoms with E-state index in [0.717, 1.165) is 11.3 Å². The van der Waals surface area contributed by atoms with Crippen LogP contribution in [0.15, 0.2) is 12.3 Å². The van der Waals surface area contributed by atoms with Crippen molar-refractivity contribution in [1.82, 2.24) is 10.3 Å². The van der Waals surface area contributed by atoms with E-state index in [-0.39, 0.29) is 0 Å². The monoisotopic (exact) mass is 184 g/mol. The molecular formula is C8H9ClN2O.